The Morgan fingerprint density at radius 1 is 1.21 bits per heavy atom. The van der Waals surface area contributed by atoms with Crippen LogP contribution in [0.1, 0.15) is 26.6 Å². The minimum atomic E-state index is -0.0850. The van der Waals surface area contributed by atoms with Crippen LogP contribution in [0.2, 0.25) is 0 Å². The number of hydrogen-bond acceptors (Lipinski definition) is 5. The minimum Gasteiger partial charge on any atom is -0.347 e. The molecule has 6 nitrogen and oxygen atoms in total. The van der Waals surface area contributed by atoms with Crippen LogP contribution in [0.25, 0.3) is 21.0 Å². The number of carbonyl (C=O) groups is 1. The molecule has 140 valence electrons. The second kappa shape index (κ2) is 6.57. The number of fused-ring (bicyclic) bond motifs is 3. The number of benzene rings is 1. The predicted molar refractivity (Wildman–Crippen MR) is 113 cm³/mol. The topological polar surface area (TPSA) is 64.2 Å². The Bertz CT molecular complexity index is 1310. The van der Waals surface area contributed by atoms with Crippen LogP contribution in [0.5, 0.6) is 0 Å². The van der Waals surface area contributed by atoms with Crippen LogP contribution in [0.4, 0.5) is 0 Å². The summed E-state index contributed by atoms with van der Waals surface area (Å²) in [5, 5.41) is 9.67. The van der Waals surface area contributed by atoms with Crippen LogP contribution in [0, 0.1) is 13.8 Å². The Morgan fingerprint density at radius 2 is 2.04 bits per heavy atom. The van der Waals surface area contributed by atoms with Gasteiger partial charge in [-0.05, 0) is 32.0 Å². The Hall–Kier alpha value is -2.97. The monoisotopic (exact) mass is 407 g/mol. The molecule has 0 fully saturated rings. The van der Waals surface area contributed by atoms with E-state index in [4.69, 9.17) is 0 Å². The van der Waals surface area contributed by atoms with Crippen molar-refractivity contribution in [1.29, 1.82) is 0 Å². The highest BCUT2D eigenvalue weighted by molar-refractivity contribution is 7.21. The molecule has 0 saturated carbocycles. The summed E-state index contributed by atoms with van der Waals surface area (Å²) < 4.78 is 3.94. The van der Waals surface area contributed by atoms with Gasteiger partial charge in [-0.2, -0.15) is 5.10 Å². The molecule has 8 heteroatoms. The van der Waals surface area contributed by atoms with Gasteiger partial charge in [0.05, 0.1) is 21.8 Å². The largest absolute Gasteiger partial charge is 0.347 e. The second-order valence-electron chi connectivity index (χ2n) is 6.55. The van der Waals surface area contributed by atoms with E-state index in [-0.39, 0.29) is 5.91 Å². The van der Waals surface area contributed by atoms with E-state index in [1.54, 1.807) is 11.3 Å². The van der Waals surface area contributed by atoms with Gasteiger partial charge in [0.25, 0.3) is 5.91 Å². The van der Waals surface area contributed by atoms with E-state index in [1.165, 1.54) is 11.3 Å². The molecule has 1 amide bonds. The van der Waals surface area contributed by atoms with Gasteiger partial charge in [0.15, 0.2) is 4.96 Å². The molecule has 0 atom stereocenters. The molecule has 4 aromatic heterocycles. The first-order chi connectivity index (χ1) is 13.6. The molecule has 1 N–H and O–H groups in total. The molecule has 5 rings (SSSR count). The number of nitrogens with zero attached hydrogens (tertiary/aromatic N) is 4. The fraction of sp³-hybridized carbons (Fsp3) is 0.150. The zero-order valence-corrected chi connectivity index (χ0v) is 17.0. The summed E-state index contributed by atoms with van der Waals surface area (Å²) in [5.74, 6) is -0.0850. The number of aryl methyl sites for hydroxylation is 1. The zero-order valence-electron chi connectivity index (χ0n) is 15.3. The second-order valence-corrected chi connectivity index (χ2v) is 8.45. The molecule has 0 saturated heterocycles. The van der Waals surface area contributed by atoms with Crippen molar-refractivity contribution in [2.24, 2.45) is 0 Å². The van der Waals surface area contributed by atoms with Gasteiger partial charge in [-0.1, -0.05) is 18.2 Å². The van der Waals surface area contributed by atoms with E-state index < -0.39 is 0 Å². The van der Waals surface area contributed by atoms with E-state index in [2.05, 4.69) is 15.4 Å². The third kappa shape index (κ3) is 2.73. The summed E-state index contributed by atoms with van der Waals surface area (Å²) in [6.07, 6.45) is 1.98. The molecule has 0 aliphatic carbocycles. The first kappa shape index (κ1) is 17.2. The van der Waals surface area contributed by atoms with E-state index in [0.29, 0.717) is 11.4 Å². The summed E-state index contributed by atoms with van der Waals surface area (Å²) in [4.78, 5) is 19.8. The van der Waals surface area contributed by atoms with Crippen molar-refractivity contribution >= 4 is 43.9 Å². The Kier molecular flexibility index (Phi) is 4.03. The quantitative estimate of drug-likeness (QED) is 0.482. The lowest BCUT2D eigenvalue weighted by atomic mass is 10.2. The lowest BCUT2D eigenvalue weighted by Crippen LogP contribution is -2.22. The number of para-hydroxylation sites is 1. The van der Waals surface area contributed by atoms with Crippen LogP contribution in [0.15, 0.2) is 48.0 Å². The molecule has 0 aliphatic rings. The lowest BCUT2D eigenvalue weighted by Gasteiger charge is -2.06. The molecule has 0 unspecified atom stereocenters. The molecule has 4 heterocycles. The van der Waals surface area contributed by atoms with Gasteiger partial charge in [0, 0.05) is 29.4 Å². The molecule has 0 bridgehead atoms. The van der Waals surface area contributed by atoms with E-state index in [9.17, 15) is 4.79 Å². The number of amides is 1. The first-order valence-electron chi connectivity index (χ1n) is 8.85. The molecule has 0 aliphatic heterocycles. The number of imidazole rings is 1. The molecule has 28 heavy (non-hydrogen) atoms. The van der Waals surface area contributed by atoms with E-state index in [0.717, 1.165) is 37.9 Å². The molecule has 1 aromatic carbocycles. The van der Waals surface area contributed by atoms with Crippen molar-refractivity contribution in [1.82, 2.24) is 24.5 Å². The highest BCUT2D eigenvalue weighted by Gasteiger charge is 2.17. The minimum absolute atomic E-state index is 0.0850. The van der Waals surface area contributed by atoms with Crippen molar-refractivity contribution in [2.45, 2.75) is 20.4 Å². The van der Waals surface area contributed by atoms with Crippen molar-refractivity contribution in [2.75, 3.05) is 0 Å². The van der Waals surface area contributed by atoms with Gasteiger partial charge in [0.2, 0.25) is 0 Å². The van der Waals surface area contributed by atoms with Crippen molar-refractivity contribution in [3.05, 3.63) is 69.8 Å². The molecular formula is C20H17N5OS2. The number of thiazole rings is 1. The SMILES string of the molecule is Cc1nn(-c2ccccc2)c(C)c1CNC(=O)c1cc2c(nc3sccn32)s1. The number of thiophene rings is 1. The average Bonchev–Trinajstić information content (AvgIpc) is 3.43. The standard InChI is InChI=1S/C20H17N5OS2/c1-12-15(13(2)25(23-12)14-6-4-3-5-7-14)11-21-18(26)17-10-16-19(28-17)22-20-24(16)8-9-27-20/h3-10H,11H2,1-2H3,(H,21,26). The summed E-state index contributed by atoms with van der Waals surface area (Å²) >= 11 is 3.02. The fourth-order valence-corrected chi connectivity index (χ4v) is 5.08. The van der Waals surface area contributed by atoms with Crippen LogP contribution >= 0.6 is 22.7 Å². The first-order valence-corrected chi connectivity index (χ1v) is 10.6. The third-order valence-corrected chi connectivity index (χ3v) is 6.60. The maximum Gasteiger partial charge on any atom is 0.261 e. The van der Waals surface area contributed by atoms with Crippen molar-refractivity contribution in [3.8, 4) is 5.69 Å². The number of hydrogen-bond donors (Lipinski definition) is 1. The maximum absolute atomic E-state index is 12.7. The van der Waals surface area contributed by atoms with Gasteiger partial charge < -0.3 is 5.32 Å². The number of aromatic nitrogens is 4. The van der Waals surface area contributed by atoms with Gasteiger partial charge in [-0.25, -0.2) is 9.67 Å². The average molecular weight is 408 g/mol. The van der Waals surface area contributed by atoms with Crippen LogP contribution in [0.3, 0.4) is 0 Å². The van der Waals surface area contributed by atoms with Gasteiger partial charge in [0.1, 0.15) is 4.83 Å². The molecule has 0 spiro atoms. The Morgan fingerprint density at radius 3 is 2.86 bits per heavy atom. The number of carbonyl (C=O) groups excluding carboxylic acids is 1. The number of nitrogens with one attached hydrogen (secondary N) is 1. The predicted octanol–water partition coefficient (Wildman–Crippen LogP) is 4.34. The van der Waals surface area contributed by atoms with Gasteiger partial charge >= 0.3 is 0 Å². The summed E-state index contributed by atoms with van der Waals surface area (Å²) in [5.41, 5.74) is 4.99. The summed E-state index contributed by atoms with van der Waals surface area (Å²) in [7, 11) is 0. The van der Waals surface area contributed by atoms with E-state index >= 15 is 0 Å². The van der Waals surface area contributed by atoms with Gasteiger partial charge in [-0.15, -0.1) is 22.7 Å². The molecule has 0 radical (unpaired) electrons. The highest BCUT2D eigenvalue weighted by Crippen LogP contribution is 2.28. The van der Waals surface area contributed by atoms with Crippen molar-refractivity contribution in [3.63, 3.8) is 0 Å². The zero-order chi connectivity index (χ0) is 19.3. The molecule has 5 aromatic rings. The van der Waals surface area contributed by atoms with Crippen molar-refractivity contribution < 1.29 is 4.79 Å². The summed E-state index contributed by atoms with van der Waals surface area (Å²) in [6, 6.07) is 11.9. The smallest absolute Gasteiger partial charge is 0.261 e. The highest BCUT2D eigenvalue weighted by atomic mass is 32.1. The van der Waals surface area contributed by atoms with E-state index in [1.807, 2.05) is 70.9 Å². The summed E-state index contributed by atoms with van der Waals surface area (Å²) in [6.45, 7) is 4.45. The Balaban J connectivity index is 1.38. The maximum atomic E-state index is 12.7. The van der Waals surface area contributed by atoms with Crippen LogP contribution in [-0.2, 0) is 6.54 Å². The van der Waals surface area contributed by atoms with Crippen LogP contribution < -0.4 is 5.32 Å². The third-order valence-electron chi connectivity index (χ3n) is 4.83. The fourth-order valence-electron chi connectivity index (χ4n) is 3.37. The van der Waals surface area contributed by atoms with Gasteiger partial charge in [-0.3, -0.25) is 9.20 Å². The molecular weight excluding hydrogens is 390 g/mol. The normalized spacial score (nSPS) is 11.5. The lowest BCUT2D eigenvalue weighted by molar-refractivity contribution is 0.0955. The van der Waals surface area contributed by atoms with Crippen LogP contribution in [-0.4, -0.2) is 25.1 Å². The Labute approximate surface area is 169 Å². The number of rotatable bonds is 4.